The van der Waals surface area contributed by atoms with Crippen molar-refractivity contribution in [3.8, 4) is 16.9 Å². The fourth-order valence-corrected chi connectivity index (χ4v) is 3.11. The molecule has 3 aromatic carbocycles. The molecule has 3 aromatic rings. The summed E-state index contributed by atoms with van der Waals surface area (Å²) in [5, 5.41) is 2.78. The van der Waals surface area contributed by atoms with Gasteiger partial charge in [-0.1, -0.05) is 42.5 Å². The SMILES string of the molecule is CCN(CC)C(=O)c1ccc(NC(=O)COc2ccc(-c3ccccc3)cc2)cc1. The topological polar surface area (TPSA) is 58.6 Å². The summed E-state index contributed by atoms with van der Waals surface area (Å²) in [5.74, 6) is 0.357. The van der Waals surface area contributed by atoms with Crippen LogP contribution in [0.25, 0.3) is 11.1 Å². The van der Waals surface area contributed by atoms with Gasteiger partial charge in [0.25, 0.3) is 11.8 Å². The molecule has 0 aromatic heterocycles. The van der Waals surface area contributed by atoms with E-state index >= 15 is 0 Å². The van der Waals surface area contributed by atoms with Gasteiger partial charge in [-0.15, -0.1) is 0 Å². The summed E-state index contributed by atoms with van der Waals surface area (Å²) in [6.45, 7) is 5.14. The highest BCUT2D eigenvalue weighted by molar-refractivity contribution is 5.96. The molecule has 0 bridgehead atoms. The molecule has 2 amide bonds. The molecule has 30 heavy (non-hydrogen) atoms. The Morgan fingerprint density at radius 3 is 2.00 bits per heavy atom. The first-order valence-electron chi connectivity index (χ1n) is 10.1. The third-order valence-electron chi connectivity index (χ3n) is 4.80. The molecule has 5 nitrogen and oxygen atoms in total. The first kappa shape index (κ1) is 21.1. The molecule has 0 aliphatic carbocycles. The van der Waals surface area contributed by atoms with Crippen LogP contribution in [0.1, 0.15) is 24.2 Å². The van der Waals surface area contributed by atoms with E-state index in [4.69, 9.17) is 4.74 Å². The van der Waals surface area contributed by atoms with Crippen LogP contribution in [-0.2, 0) is 4.79 Å². The summed E-state index contributed by atoms with van der Waals surface area (Å²) >= 11 is 0. The Kier molecular flexibility index (Phi) is 7.22. The van der Waals surface area contributed by atoms with Crippen molar-refractivity contribution in [2.24, 2.45) is 0 Å². The maximum atomic E-state index is 12.3. The summed E-state index contributed by atoms with van der Waals surface area (Å²) in [6.07, 6.45) is 0. The summed E-state index contributed by atoms with van der Waals surface area (Å²) in [6, 6.07) is 24.6. The minimum absolute atomic E-state index is 0.0137. The number of amides is 2. The second-order valence-corrected chi connectivity index (χ2v) is 6.78. The Morgan fingerprint density at radius 2 is 1.40 bits per heavy atom. The highest BCUT2D eigenvalue weighted by Crippen LogP contribution is 2.22. The Hall–Kier alpha value is -3.60. The van der Waals surface area contributed by atoms with Crippen LogP contribution < -0.4 is 10.1 Å². The standard InChI is InChI=1S/C25H26N2O3/c1-3-27(4-2)25(29)21-10-14-22(15-11-21)26-24(28)18-30-23-16-12-20(13-17-23)19-8-6-5-7-9-19/h5-17H,3-4,18H2,1-2H3,(H,26,28). The molecule has 0 heterocycles. The van der Waals surface area contributed by atoms with Crippen LogP contribution in [0, 0.1) is 0 Å². The molecule has 0 fully saturated rings. The predicted molar refractivity (Wildman–Crippen MR) is 120 cm³/mol. The lowest BCUT2D eigenvalue weighted by Crippen LogP contribution is -2.30. The lowest BCUT2D eigenvalue weighted by atomic mass is 10.1. The minimum atomic E-state index is -0.259. The zero-order valence-electron chi connectivity index (χ0n) is 17.3. The lowest BCUT2D eigenvalue weighted by Gasteiger charge is -2.18. The van der Waals surface area contributed by atoms with E-state index in [9.17, 15) is 9.59 Å². The Labute approximate surface area is 177 Å². The van der Waals surface area contributed by atoms with Crippen molar-refractivity contribution in [1.29, 1.82) is 0 Å². The maximum absolute atomic E-state index is 12.3. The molecule has 0 aliphatic heterocycles. The number of benzene rings is 3. The van der Waals surface area contributed by atoms with Gasteiger partial charge < -0.3 is 15.0 Å². The number of anilines is 1. The van der Waals surface area contributed by atoms with E-state index in [1.54, 1.807) is 29.2 Å². The summed E-state index contributed by atoms with van der Waals surface area (Å²) in [5.41, 5.74) is 3.45. The highest BCUT2D eigenvalue weighted by atomic mass is 16.5. The van der Waals surface area contributed by atoms with E-state index in [1.807, 2.05) is 68.4 Å². The van der Waals surface area contributed by atoms with Gasteiger partial charge in [-0.3, -0.25) is 9.59 Å². The molecular formula is C25H26N2O3. The van der Waals surface area contributed by atoms with Crippen molar-refractivity contribution in [2.75, 3.05) is 25.0 Å². The van der Waals surface area contributed by atoms with Crippen molar-refractivity contribution in [3.63, 3.8) is 0 Å². The predicted octanol–water partition coefficient (Wildman–Crippen LogP) is 4.85. The first-order valence-corrected chi connectivity index (χ1v) is 10.1. The molecule has 0 spiro atoms. The van der Waals surface area contributed by atoms with Crippen LogP contribution in [0.5, 0.6) is 5.75 Å². The second-order valence-electron chi connectivity index (χ2n) is 6.78. The molecule has 1 N–H and O–H groups in total. The molecule has 154 valence electrons. The summed E-state index contributed by atoms with van der Waals surface area (Å²) in [7, 11) is 0. The van der Waals surface area contributed by atoms with Crippen molar-refractivity contribution < 1.29 is 14.3 Å². The number of carbonyl (C=O) groups is 2. The molecule has 0 aliphatic rings. The quantitative estimate of drug-likeness (QED) is 0.586. The van der Waals surface area contributed by atoms with Crippen LogP contribution in [0.15, 0.2) is 78.9 Å². The molecule has 0 unspecified atom stereocenters. The van der Waals surface area contributed by atoms with Crippen molar-refractivity contribution >= 4 is 17.5 Å². The molecule has 0 saturated carbocycles. The minimum Gasteiger partial charge on any atom is -0.484 e. The van der Waals surface area contributed by atoms with E-state index in [2.05, 4.69) is 5.32 Å². The van der Waals surface area contributed by atoms with E-state index < -0.39 is 0 Å². The Balaban J connectivity index is 1.51. The number of nitrogens with one attached hydrogen (secondary N) is 1. The second kappa shape index (κ2) is 10.3. The average Bonchev–Trinajstić information content (AvgIpc) is 2.80. The monoisotopic (exact) mass is 402 g/mol. The van der Waals surface area contributed by atoms with Gasteiger partial charge >= 0.3 is 0 Å². The highest BCUT2D eigenvalue weighted by Gasteiger charge is 2.12. The van der Waals surface area contributed by atoms with E-state index in [-0.39, 0.29) is 18.4 Å². The fourth-order valence-electron chi connectivity index (χ4n) is 3.11. The molecule has 3 rings (SSSR count). The van der Waals surface area contributed by atoms with E-state index in [1.165, 1.54) is 0 Å². The van der Waals surface area contributed by atoms with Gasteiger partial charge in [-0.05, 0) is 61.4 Å². The molecule has 0 saturated heterocycles. The summed E-state index contributed by atoms with van der Waals surface area (Å²) in [4.78, 5) is 26.3. The fraction of sp³-hybridized carbons (Fsp3) is 0.200. The zero-order valence-corrected chi connectivity index (χ0v) is 17.3. The van der Waals surface area contributed by atoms with Crippen molar-refractivity contribution in [2.45, 2.75) is 13.8 Å². The third-order valence-corrected chi connectivity index (χ3v) is 4.80. The molecule has 5 heteroatoms. The third kappa shape index (κ3) is 5.47. The number of hydrogen-bond acceptors (Lipinski definition) is 3. The molecule has 0 atom stereocenters. The van der Waals surface area contributed by atoms with Gasteiger partial charge in [0.15, 0.2) is 6.61 Å². The Bertz CT molecular complexity index is 964. The number of carbonyl (C=O) groups excluding carboxylic acids is 2. The van der Waals surface area contributed by atoms with E-state index in [0.717, 1.165) is 11.1 Å². The molecular weight excluding hydrogens is 376 g/mol. The van der Waals surface area contributed by atoms with Crippen LogP contribution in [0.4, 0.5) is 5.69 Å². The van der Waals surface area contributed by atoms with E-state index in [0.29, 0.717) is 30.1 Å². The first-order chi connectivity index (χ1) is 14.6. The van der Waals surface area contributed by atoms with Crippen LogP contribution in [0.3, 0.4) is 0 Å². The number of rotatable bonds is 8. The van der Waals surface area contributed by atoms with Gasteiger partial charge in [-0.2, -0.15) is 0 Å². The summed E-state index contributed by atoms with van der Waals surface area (Å²) < 4.78 is 5.58. The number of nitrogens with zero attached hydrogens (tertiary/aromatic N) is 1. The van der Waals surface area contributed by atoms with Gasteiger partial charge in [-0.25, -0.2) is 0 Å². The van der Waals surface area contributed by atoms with Crippen molar-refractivity contribution in [3.05, 3.63) is 84.4 Å². The van der Waals surface area contributed by atoms with Gasteiger partial charge in [0.1, 0.15) is 5.75 Å². The number of hydrogen-bond donors (Lipinski definition) is 1. The lowest BCUT2D eigenvalue weighted by molar-refractivity contribution is -0.118. The van der Waals surface area contributed by atoms with Crippen LogP contribution in [0.2, 0.25) is 0 Å². The normalized spacial score (nSPS) is 10.3. The van der Waals surface area contributed by atoms with Crippen LogP contribution >= 0.6 is 0 Å². The largest absolute Gasteiger partial charge is 0.484 e. The van der Waals surface area contributed by atoms with Gasteiger partial charge in [0.05, 0.1) is 0 Å². The average molecular weight is 402 g/mol. The maximum Gasteiger partial charge on any atom is 0.262 e. The van der Waals surface area contributed by atoms with Gasteiger partial charge in [0, 0.05) is 24.3 Å². The Morgan fingerprint density at radius 1 is 0.800 bits per heavy atom. The zero-order chi connectivity index (χ0) is 21.3. The number of ether oxygens (including phenoxy) is 1. The smallest absolute Gasteiger partial charge is 0.262 e. The van der Waals surface area contributed by atoms with Gasteiger partial charge in [0.2, 0.25) is 0 Å². The van der Waals surface area contributed by atoms with Crippen molar-refractivity contribution in [1.82, 2.24) is 4.90 Å². The molecule has 0 radical (unpaired) electrons. The van der Waals surface area contributed by atoms with Crippen LogP contribution in [-0.4, -0.2) is 36.4 Å².